The first-order valence-corrected chi connectivity index (χ1v) is 9.35. The molecule has 1 heterocycles. The van der Waals surface area contributed by atoms with Crippen LogP contribution in [0.4, 0.5) is 0 Å². The normalized spacial score (nSPS) is 11.1. The predicted octanol–water partition coefficient (Wildman–Crippen LogP) is 2.86. The predicted molar refractivity (Wildman–Crippen MR) is 110 cm³/mol. The van der Waals surface area contributed by atoms with Gasteiger partial charge in [0.25, 0.3) is 0 Å². The van der Waals surface area contributed by atoms with Crippen molar-refractivity contribution in [1.82, 2.24) is 15.3 Å². The summed E-state index contributed by atoms with van der Waals surface area (Å²) in [6.07, 6.45) is 1.34. The fraction of sp³-hybridized carbons (Fsp3) is 0.381. The van der Waals surface area contributed by atoms with Crippen LogP contribution in [0.15, 0.2) is 35.4 Å². The molecule has 0 fully saturated rings. The van der Waals surface area contributed by atoms with Crippen LogP contribution < -0.4 is 15.5 Å². The van der Waals surface area contributed by atoms with Crippen LogP contribution in [0.5, 0.6) is 5.75 Å². The summed E-state index contributed by atoms with van der Waals surface area (Å²) in [5.74, 6) is 0.0609. The van der Waals surface area contributed by atoms with Crippen molar-refractivity contribution in [3.05, 3.63) is 47.3 Å². The van der Waals surface area contributed by atoms with Gasteiger partial charge in [0.1, 0.15) is 12.2 Å². The number of nitrogens with one attached hydrogen (secondary N) is 2. The Hall–Kier alpha value is -3.09. The highest BCUT2D eigenvalue weighted by Crippen LogP contribution is 2.22. The molecule has 0 aliphatic rings. The number of hydrazone groups is 1. The number of ether oxygens (including phenoxy) is 1. The van der Waals surface area contributed by atoms with E-state index in [0.29, 0.717) is 6.61 Å². The number of carbonyl (C=O) groups is 2. The number of nitrogens with zero attached hydrogens (tertiary/aromatic N) is 2. The third-order valence-electron chi connectivity index (χ3n) is 4.04. The monoisotopic (exact) mass is 384 g/mol. The number of rotatable bonds is 8. The molecular weight excluding hydrogens is 356 g/mol. The van der Waals surface area contributed by atoms with Gasteiger partial charge in [0.2, 0.25) is 11.8 Å². The Kier molecular flexibility index (Phi) is 7.37. The average Bonchev–Trinajstić information content (AvgIpc) is 2.89. The molecule has 0 aliphatic heterocycles. The van der Waals surface area contributed by atoms with Gasteiger partial charge in [0.05, 0.1) is 12.8 Å². The van der Waals surface area contributed by atoms with E-state index in [1.54, 1.807) is 6.21 Å². The highest BCUT2D eigenvalue weighted by atomic mass is 16.5. The summed E-state index contributed by atoms with van der Waals surface area (Å²) >= 11 is 0. The van der Waals surface area contributed by atoms with Crippen molar-refractivity contribution in [3.63, 3.8) is 0 Å². The molecule has 150 valence electrons. The largest absolute Gasteiger partial charge is 0.494 e. The molecule has 0 unspecified atom stereocenters. The molecule has 2 N–H and O–H groups in total. The lowest BCUT2D eigenvalue weighted by molar-refractivity contribution is -0.129. The average molecular weight is 384 g/mol. The van der Waals surface area contributed by atoms with E-state index >= 15 is 0 Å². The van der Waals surface area contributed by atoms with Crippen molar-refractivity contribution in [2.45, 2.75) is 47.1 Å². The van der Waals surface area contributed by atoms with Crippen LogP contribution >= 0.6 is 0 Å². The summed E-state index contributed by atoms with van der Waals surface area (Å²) in [6.45, 7) is 10.3. The third-order valence-corrected chi connectivity index (χ3v) is 4.04. The first-order valence-electron chi connectivity index (χ1n) is 9.35. The second kappa shape index (κ2) is 9.73. The van der Waals surface area contributed by atoms with Gasteiger partial charge in [0.15, 0.2) is 0 Å². The Bertz CT molecular complexity index is 851. The van der Waals surface area contributed by atoms with E-state index < -0.39 is 5.91 Å². The fourth-order valence-corrected chi connectivity index (χ4v) is 2.91. The lowest BCUT2D eigenvalue weighted by atomic mass is 10.2. The van der Waals surface area contributed by atoms with E-state index in [1.807, 2.05) is 65.0 Å². The number of amides is 2. The number of hydrogen-bond donors (Lipinski definition) is 2. The highest BCUT2D eigenvalue weighted by Gasteiger charge is 2.11. The fourth-order valence-electron chi connectivity index (χ4n) is 2.91. The van der Waals surface area contributed by atoms with Crippen LogP contribution in [0.1, 0.15) is 44.1 Å². The molecule has 0 saturated heterocycles. The number of benzene rings is 1. The molecule has 0 saturated carbocycles. The van der Waals surface area contributed by atoms with Gasteiger partial charge in [-0.3, -0.25) is 9.59 Å². The van der Waals surface area contributed by atoms with Gasteiger partial charge in [-0.05, 0) is 65.0 Å². The molecule has 2 rings (SSSR count). The molecule has 28 heavy (non-hydrogen) atoms. The number of carbonyl (C=O) groups excluding carboxylic acids is 2. The van der Waals surface area contributed by atoms with Crippen LogP contribution in [0.2, 0.25) is 0 Å². The van der Waals surface area contributed by atoms with Gasteiger partial charge in [-0.25, -0.2) is 5.43 Å². The summed E-state index contributed by atoms with van der Waals surface area (Å²) in [7, 11) is 0. The van der Waals surface area contributed by atoms with Crippen LogP contribution in [-0.2, 0) is 9.59 Å². The molecule has 0 spiro atoms. The molecule has 0 aliphatic carbocycles. The molecule has 1 aromatic carbocycles. The molecule has 1 aromatic heterocycles. The van der Waals surface area contributed by atoms with Gasteiger partial charge >= 0.3 is 0 Å². The SMILES string of the molecule is CCOc1ccc(-n2c(C)cc(/C=N/NC(=O)CC(=O)NC(C)C)c2C)cc1. The zero-order chi connectivity index (χ0) is 20.7. The number of aryl methyl sites for hydroxylation is 1. The highest BCUT2D eigenvalue weighted by molar-refractivity contribution is 5.97. The molecule has 7 heteroatoms. The second-order valence-corrected chi connectivity index (χ2v) is 6.78. The Morgan fingerprint density at radius 3 is 2.46 bits per heavy atom. The third kappa shape index (κ3) is 5.70. The van der Waals surface area contributed by atoms with Crippen molar-refractivity contribution in [2.75, 3.05) is 6.61 Å². The number of hydrogen-bond acceptors (Lipinski definition) is 4. The molecule has 7 nitrogen and oxygen atoms in total. The second-order valence-electron chi connectivity index (χ2n) is 6.78. The maximum atomic E-state index is 11.8. The van der Waals surface area contributed by atoms with Crippen LogP contribution in [0.25, 0.3) is 5.69 Å². The van der Waals surface area contributed by atoms with E-state index in [0.717, 1.165) is 28.4 Å². The van der Waals surface area contributed by atoms with E-state index in [4.69, 9.17) is 4.74 Å². The van der Waals surface area contributed by atoms with Gasteiger partial charge in [-0.1, -0.05) is 0 Å². The first-order chi connectivity index (χ1) is 13.3. The molecule has 2 aromatic rings. The summed E-state index contributed by atoms with van der Waals surface area (Å²) in [5.41, 5.74) is 6.35. The van der Waals surface area contributed by atoms with E-state index in [2.05, 4.69) is 20.4 Å². The Labute approximate surface area is 165 Å². The maximum Gasteiger partial charge on any atom is 0.249 e. The minimum absolute atomic E-state index is 0.00297. The van der Waals surface area contributed by atoms with Crippen molar-refractivity contribution in [2.24, 2.45) is 5.10 Å². The van der Waals surface area contributed by atoms with Crippen molar-refractivity contribution in [1.29, 1.82) is 0 Å². The molecule has 0 bridgehead atoms. The van der Waals surface area contributed by atoms with Gasteiger partial charge in [-0.15, -0.1) is 0 Å². The minimum atomic E-state index is -0.449. The Balaban J connectivity index is 2.05. The molecule has 0 atom stereocenters. The zero-order valence-electron chi connectivity index (χ0n) is 17.1. The van der Waals surface area contributed by atoms with Gasteiger partial charge in [-0.2, -0.15) is 5.10 Å². The van der Waals surface area contributed by atoms with Crippen LogP contribution in [0, 0.1) is 13.8 Å². The first kappa shape index (κ1) is 21.2. The molecule has 0 radical (unpaired) electrons. The number of aromatic nitrogens is 1. The summed E-state index contributed by atoms with van der Waals surface area (Å²) in [4.78, 5) is 23.4. The zero-order valence-corrected chi connectivity index (χ0v) is 17.1. The topological polar surface area (TPSA) is 84.7 Å². The summed E-state index contributed by atoms with van der Waals surface area (Å²) in [6, 6.07) is 9.87. The molecular formula is C21H28N4O3. The smallest absolute Gasteiger partial charge is 0.249 e. The van der Waals surface area contributed by atoms with Crippen LogP contribution in [0.3, 0.4) is 0 Å². The van der Waals surface area contributed by atoms with Crippen molar-refractivity contribution >= 4 is 18.0 Å². The molecule has 2 amide bonds. The van der Waals surface area contributed by atoms with Crippen molar-refractivity contribution in [3.8, 4) is 11.4 Å². The van der Waals surface area contributed by atoms with E-state index in [-0.39, 0.29) is 18.4 Å². The Morgan fingerprint density at radius 1 is 1.18 bits per heavy atom. The minimum Gasteiger partial charge on any atom is -0.494 e. The maximum absolute atomic E-state index is 11.8. The lowest BCUT2D eigenvalue weighted by Gasteiger charge is -2.11. The van der Waals surface area contributed by atoms with E-state index in [1.165, 1.54) is 0 Å². The summed E-state index contributed by atoms with van der Waals surface area (Å²) in [5, 5.41) is 6.65. The Morgan fingerprint density at radius 2 is 1.86 bits per heavy atom. The van der Waals surface area contributed by atoms with Crippen molar-refractivity contribution < 1.29 is 14.3 Å². The summed E-state index contributed by atoms with van der Waals surface area (Å²) < 4.78 is 7.59. The van der Waals surface area contributed by atoms with Gasteiger partial charge in [0, 0.05) is 28.7 Å². The van der Waals surface area contributed by atoms with Crippen LogP contribution in [-0.4, -0.2) is 35.2 Å². The van der Waals surface area contributed by atoms with Gasteiger partial charge < -0.3 is 14.6 Å². The lowest BCUT2D eigenvalue weighted by Crippen LogP contribution is -2.34. The van der Waals surface area contributed by atoms with E-state index in [9.17, 15) is 9.59 Å². The quantitative estimate of drug-likeness (QED) is 0.417. The standard InChI is InChI=1S/C21H28N4O3/c1-6-28-19-9-7-18(8-10-19)25-15(4)11-17(16(25)5)13-22-24-21(27)12-20(26)23-14(2)3/h7-11,13-14H,6,12H2,1-5H3,(H,23,26)(H,24,27)/b22-13+.